The maximum Gasteiger partial charge on any atom is 0.0454 e. The predicted octanol–water partition coefficient (Wildman–Crippen LogP) is 2.99. The maximum absolute atomic E-state index is 3.65. The summed E-state index contributed by atoms with van der Waals surface area (Å²) in [6.45, 7) is 6.96. The van der Waals surface area contributed by atoms with Crippen molar-refractivity contribution in [3.63, 3.8) is 0 Å². The minimum atomic E-state index is 0.463. The Kier molecular flexibility index (Phi) is 3.81. The first kappa shape index (κ1) is 13.7. The summed E-state index contributed by atoms with van der Waals surface area (Å²) in [5, 5.41) is 4.96. The molecule has 20 heavy (non-hydrogen) atoms. The standard InChI is InChI=1S/C17H25N3/c1-17(6-9-20(2)10-7-17)13-18-12-14-3-4-16-15(11-14)5-8-19-16/h3-5,8,11,18-19H,6-7,9-10,12-13H2,1-2H3. The lowest BCUT2D eigenvalue weighted by Gasteiger charge is -2.38. The zero-order chi connectivity index (χ0) is 14.0. The minimum absolute atomic E-state index is 0.463. The van der Waals surface area contributed by atoms with Gasteiger partial charge in [-0.15, -0.1) is 0 Å². The summed E-state index contributed by atoms with van der Waals surface area (Å²) in [7, 11) is 2.22. The average molecular weight is 271 g/mol. The molecule has 1 aromatic carbocycles. The van der Waals surface area contributed by atoms with Crippen molar-refractivity contribution in [3.8, 4) is 0 Å². The van der Waals surface area contributed by atoms with Gasteiger partial charge in [0.05, 0.1) is 0 Å². The Hall–Kier alpha value is -1.32. The highest BCUT2D eigenvalue weighted by Gasteiger charge is 2.28. The molecule has 0 atom stereocenters. The van der Waals surface area contributed by atoms with Crippen LogP contribution in [0.5, 0.6) is 0 Å². The van der Waals surface area contributed by atoms with Crippen LogP contribution in [-0.4, -0.2) is 36.6 Å². The van der Waals surface area contributed by atoms with Crippen LogP contribution >= 0.6 is 0 Å². The lowest BCUT2D eigenvalue weighted by atomic mass is 9.80. The van der Waals surface area contributed by atoms with E-state index in [-0.39, 0.29) is 0 Å². The highest BCUT2D eigenvalue weighted by Crippen LogP contribution is 2.29. The Bertz CT molecular complexity index is 564. The number of nitrogens with zero attached hydrogens (tertiary/aromatic N) is 1. The van der Waals surface area contributed by atoms with Crippen LogP contribution in [0.25, 0.3) is 10.9 Å². The van der Waals surface area contributed by atoms with Gasteiger partial charge >= 0.3 is 0 Å². The number of nitrogens with one attached hydrogen (secondary N) is 2. The van der Waals surface area contributed by atoms with Crippen molar-refractivity contribution in [2.45, 2.75) is 26.3 Å². The molecule has 1 aromatic heterocycles. The van der Waals surface area contributed by atoms with Gasteiger partial charge in [0.1, 0.15) is 0 Å². The summed E-state index contributed by atoms with van der Waals surface area (Å²) >= 11 is 0. The van der Waals surface area contributed by atoms with Crippen molar-refractivity contribution in [3.05, 3.63) is 36.0 Å². The van der Waals surface area contributed by atoms with Crippen LogP contribution in [0, 0.1) is 5.41 Å². The second kappa shape index (κ2) is 5.58. The number of likely N-dealkylation sites (tertiary alicyclic amines) is 1. The molecule has 2 aromatic rings. The fourth-order valence-electron chi connectivity index (χ4n) is 3.06. The molecular formula is C17H25N3. The van der Waals surface area contributed by atoms with Crippen LogP contribution in [0.4, 0.5) is 0 Å². The number of H-pyrrole nitrogens is 1. The molecule has 0 radical (unpaired) electrons. The van der Waals surface area contributed by atoms with E-state index in [9.17, 15) is 0 Å². The van der Waals surface area contributed by atoms with E-state index in [4.69, 9.17) is 0 Å². The molecule has 0 bridgehead atoms. The van der Waals surface area contributed by atoms with Gasteiger partial charge in [0.15, 0.2) is 0 Å². The molecule has 2 heterocycles. The molecule has 0 spiro atoms. The van der Waals surface area contributed by atoms with E-state index >= 15 is 0 Å². The monoisotopic (exact) mass is 271 g/mol. The molecule has 3 heteroatoms. The Morgan fingerprint density at radius 3 is 2.85 bits per heavy atom. The van der Waals surface area contributed by atoms with Crippen molar-refractivity contribution >= 4 is 10.9 Å². The molecule has 3 rings (SSSR count). The summed E-state index contributed by atoms with van der Waals surface area (Å²) in [6.07, 6.45) is 4.60. The molecule has 0 saturated carbocycles. The summed E-state index contributed by atoms with van der Waals surface area (Å²) in [6, 6.07) is 8.79. The molecular weight excluding hydrogens is 246 g/mol. The van der Waals surface area contributed by atoms with E-state index in [0.29, 0.717) is 5.41 Å². The lowest BCUT2D eigenvalue weighted by Crippen LogP contribution is -2.41. The number of piperidine rings is 1. The van der Waals surface area contributed by atoms with Crippen molar-refractivity contribution in [1.82, 2.24) is 15.2 Å². The molecule has 0 aliphatic carbocycles. The van der Waals surface area contributed by atoms with E-state index in [1.807, 2.05) is 6.20 Å². The van der Waals surface area contributed by atoms with E-state index in [0.717, 1.165) is 13.1 Å². The molecule has 108 valence electrons. The van der Waals surface area contributed by atoms with Gasteiger partial charge in [-0.2, -0.15) is 0 Å². The lowest BCUT2D eigenvalue weighted by molar-refractivity contribution is 0.137. The van der Waals surface area contributed by atoms with E-state index < -0.39 is 0 Å². The van der Waals surface area contributed by atoms with Gasteiger partial charge in [0.2, 0.25) is 0 Å². The van der Waals surface area contributed by atoms with Crippen LogP contribution in [0.2, 0.25) is 0 Å². The summed E-state index contributed by atoms with van der Waals surface area (Å²) in [5.41, 5.74) is 3.05. The van der Waals surface area contributed by atoms with Gasteiger partial charge in [-0.3, -0.25) is 0 Å². The predicted molar refractivity (Wildman–Crippen MR) is 84.8 cm³/mol. The van der Waals surface area contributed by atoms with Gasteiger partial charge in [-0.1, -0.05) is 13.0 Å². The van der Waals surface area contributed by atoms with Gasteiger partial charge in [-0.05, 0) is 67.5 Å². The van der Waals surface area contributed by atoms with Crippen LogP contribution < -0.4 is 5.32 Å². The van der Waals surface area contributed by atoms with Gasteiger partial charge in [-0.25, -0.2) is 0 Å². The minimum Gasteiger partial charge on any atom is -0.361 e. The molecule has 1 aliphatic heterocycles. The van der Waals surface area contributed by atoms with Crippen molar-refractivity contribution < 1.29 is 0 Å². The van der Waals surface area contributed by atoms with Crippen LogP contribution in [0.15, 0.2) is 30.5 Å². The molecule has 2 N–H and O–H groups in total. The van der Waals surface area contributed by atoms with Gasteiger partial charge < -0.3 is 15.2 Å². The molecule has 1 aliphatic rings. The third-order valence-corrected chi connectivity index (χ3v) is 4.69. The van der Waals surface area contributed by atoms with E-state index in [1.54, 1.807) is 0 Å². The summed E-state index contributed by atoms with van der Waals surface area (Å²) in [4.78, 5) is 5.67. The highest BCUT2D eigenvalue weighted by molar-refractivity contribution is 5.79. The van der Waals surface area contributed by atoms with Crippen molar-refractivity contribution in [2.75, 3.05) is 26.7 Å². The quantitative estimate of drug-likeness (QED) is 0.895. The number of fused-ring (bicyclic) bond motifs is 1. The Morgan fingerprint density at radius 1 is 1.25 bits per heavy atom. The van der Waals surface area contributed by atoms with Gasteiger partial charge in [0.25, 0.3) is 0 Å². The maximum atomic E-state index is 3.65. The highest BCUT2D eigenvalue weighted by atomic mass is 15.1. The first-order chi connectivity index (χ1) is 9.65. The molecule has 0 unspecified atom stereocenters. The summed E-state index contributed by atoms with van der Waals surface area (Å²) < 4.78 is 0. The molecule has 0 amide bonds. The van der Waals surface area contributed by atoms with Crippen molar-refractivity contribution in [2.24, 2.45) is 5.41 Å². The zero-order valence-corrected chi connectivity index (χ0v) is 12.6. The van der Waals surface area contributed by atoms with E-state index in [2.05, 4.69) is 53.4 Å². The fourth-order valence-corrected chi connectivity index (χ4v) is 3.06. The molecule has 1 fully saturated rings. The fraction of sp³-hybridized carbons (Fsp3) is 0.529. The second-order valence-corrected chi connectivity index (χ2v) is 6.62. The molecule has 3 nitrogen and oxygen atoms in total. The first-order valence-electron chi connectivity index (χ1n) is 7.60. The number of hydrogen-bond donors (Lipinski definition) is 2. The number of hydrogen-bond acceptors (Lipinski definition) is 2. The SMILES string of the molecule is CN1CCC(C)(CNCc2ccc3[nH]ccc3c2)CC1. The number of aromatic nitrogens is 1. The Balaban J connectivity index is 1.54. The summed E-state index contributed by atoms with van der Waals surface area (Å²) in [5.74, 6) is 0. The third-order valence-electron chi connectivity index (χ3n) is 4.69. The van der Waals surface area contributed by atoms with Crippen LogP contribution in [0.1, 0.15) is 25.3 Å². The zero-order valence-electron chi connectivity index (χ0n) is 12.6. The first-order valence-corrected chi connectivity index (χ1v) is 7.60. The van der Waals surface area contributed by atoms with E-state index in [1.165, 1.54) is 42.4 Å². The normalized spacial score (nSPS) is 19.5. The topological polar surface area (TPSA) is 31.1 Å². The van der Waals surface area contributed by atoms with Crippen molar-refractivity contribution in [1.29, 1.82) is 0 Å². The second-order valence-electron chi connectivity index (χ2n) is 6.62. The number of aromatic amines is 1. The average Bonchev–Trinajstić information content (AvgIpc) is 2.90. The molecule has 1 saturated heterocycles. The third kappa shape index (κ3) is 3.05. The van der Waals surface area contributed by atoms with Crippen LogP contribution in [-0.2, 0) is 6.54 Å². The smallest absolute Gasteiger partial charge is 0.0454 e. The number of rotatable bonds is 4. The Labute approximate surface area is 121 Å². The number of benzene rings is 1. The largest absolute Gasteiger partial charge is 0.361 e. The van der Waals surface area contributed by atoms with Gasteiger partial charge in [0, 0.05) is 24.8 Å². The Morgan fingerprint density at radius 2 is 2.05 bits per heavy atom. The van der Waals surface area contributed by atoms with Crippen LogP contribution in [0.3, 0.4) is 0 Å².